The third-order valence-electron chi connectivity index (χ3n) is 4.71. The van der Waals surface area contributed by atoms with Crippen LogP contribution in [0.2, 0.25) is 0 Å². The van der Waals surface area contributed by atoms with Gasteiger partial charge >= 0.3 is 0 Å². The van der Waals surface area contributed by atoms with Crippen LogP contribution < -0.4 is 10.1 Å². The van der Waals surface area contributed by atoms with Crippen molar-refractivity contribution in [3.05, 3.63) is 29.5 Å². The van der Waals surface area contributed by atoms with Crippen molar-refractivity contribution in [3.8, 4) is 5.75 Å². The number of methoxy groups -OCH3 is 1. The highest BCUT2D eigenvalue weighted by Gasteiger charge is 2.23. The van der Waals surface area contributed by atoms with Gasteiger partial charge in [-0.1, -0.05) is 0 Å². The molecule has 1 unspecified atom stereocenters. The molecule has 0 aliphatic carbocycles. The lowest BCUT2D eigenvalue weighted by molar-refractivity contribution is -0.138. The second kappa shape index (κ2) is 7.17. The van der Waals surface area contributed by atoms with Crippen LogP contribution >= 0.6 is 0 Å². The minimum absolute atomic E-state index is 0.0565. The maximum Gasteiger partial charge on any atom is 0.240 e. The average Bonchev–Trinajstić information content (AvgIpc) is 2.93. The van der Waals surface area contributed by atoms with E-state index in [2.05, 4.69) is 5.32 Å². The largest absolute Gasteiger partial charge is 0.497 e. The summed E-state index contributed by atoms with van der Waals surface area (Å²) in [6.07, 6.45) is 2.40. The summed E-state index contributed by atoms with van der Waals surface area (Å²) < 4.78 is 11.2. The summed E-state index contributed by atoms with van der Waals surface area (Å²) in [5.74, 6) is 1.38. The van der Waals surface area contributed by atoms with Crippen molar-refractivity contribution in [2.24, 2.45) is 0 Å². The smallest absolute Gasteiger partial charge is 0.240 e. The van der Waals surface area contributed by atoms with Crippen LogP contribution in [0.25, 0.3) is 11.0 Å². The minimum Gasteiger partial charge on any atom is -0.497 e. The number of ether oxygens (including phenoxy) is 1. The number of carbonyl (C=O) groups is 2. The second-order valence-electron chi connectivity index (χ2n) is 6.52. The molecule has 6 heteroatoms. The Morgan fingerprint density at radius 3 is 2.92 bits per heavy atom. The molecule has 1 aliphatic rings. The highest BCUT2D eigenvalue weighted by atomic mass is 16.5. The molecular formula is C19H24N2O4. The van der Waals surface area contributed by atoms with Gasteiger partial charge in [-0.25, -0.2) is 0 Å². The van der Waals surface area contributed by atoms with Gasteiger partial charge in [0.05, 0.1) is 19.7 Å². The lowest BCUT2D eigenvalue weighted by atomic mass is 10.1. The molecule has 0 radical (unpaired) electrons. The summed E-state index contributed by atoms with van der Waals surface area (Å²) >= 11 is 0. The van der Waals surface area contributed by atoms with Gasteiger partial charge in [0.25, 0.3) is 0 Å². The lowest BCUT2D eigenvalue weighted by Crippen LogP contribution is -2.43. The van der Waals surface area contributed by atoms with E-state index >= 15 is 0 Å². The number of amides is 2. The molecule has 0 spiro atoms. The number of nitrogens with one attached hydrogen (secondary N) is 1. The quantitative estimate of drug-likeness (QED) is 0.905. The number of carbonyl (C=O) groups excluding carboxylic acids is 2. The molecule has 1 N–H and O–H groups in total. The van der Waals surface area contributed by atoms with Crippen LogP contribution in [-0.2, 0) is 9.59 Å². The zero-order valence-corrected chi connectivity index (χ0v) is 14.9. The number of likely N-dealkylation sites (tertiary alicyclic amines) is 1. The van der Waals surface area contributed by atoms with E-state index in [0.29, 0.717) is 13.0 Å². The van der Waals surface area contributed by atoms with Crippen molar-refractivity contribution in [2.75, 3.05) is 20.2 Å². The number of rotatable bonds is 5. The fourth-order valence-corrected chi connectivity index (χ4v) is 3.31. The van der Waals surface area contributed by atoms with Crippen molar-refractivity contribution < 1.29 is 18.7 Å². The van der Waals surface area contributed by atoms with Gasteiger partial charge < -0.3 is 19.4 Å². The molecule has 2 amide bonds. The van der Waals surface area contributed by atoms with E-state index in [9.17, 15) is 9.59 Å². The van der Waals surface area contributed by atoms with Crippen molar-refractivity contribution in [1.29, 1.82) is 0 Å². The Labute approximate surface area is 147 Å². The predicted octanol–water partition coefficient (Wildman–Crippen LogP) is 2.94. The summed E-state index contributed by atoms with van der Waals surface area (Å²) in [5.41, 5.74) is 1.75. The molecule has 1 atom stereocenters. The predicted molar refractivity (Wildman–Crippen MR) is 94.5 cm³/mol. The van der Waals surface area contributed by atoms with Gasteiger partial charge in [0, 0.05) is 23.9 Å². The summed E-state index contributed by atoms with van der Waals surface area (Å²) in [6, 6.07) is 5.37. The van der Waals surface area contributed by atoms with Gasteiger partial charge in [0.15, 0.2) is 0 Å². The number of piperidine rings is 1. The van der Waals surface area contributed by atoms with Gasteiger partial charge in [-0.2, -0.15) is 0 Å². The molecule has 0 bridgehead atoms. The second-order valence-corrected chi connectivity index (χ2v) is 6.52. The van der Waals surface area contributed by atoms with Gasteiger partial charge in [-0.15, -0.1) is 0 Å². The molecule has 2 aromatic rings. The third kappa shape index (κ3) is 3.62. The third-order valence-corrected chi connectivity index (χ3v) is 4.71. The number of aryl methyl sites for hydroxylation is 1. The van der Waals surface area contributed by atoms with E-state index in [0.717, 1.165) is 40.9 Å². The summed E-state index contributed by atoms with van der Waals surface area (Å²) in [4.78, 5) is 25.8. The molecule has 0 saturated carbocycles. The first-order valence-electron chi connectivity index (χ1n) is 8.63. The Morgan fingerprint density at radius 2 is 2.20 bits per heavy atom. The Hall–Kier alpha value is -2.50. The molecule has 2 heterocycles. The van der Waals surface area contributed by atoms with Crippen molar-refractivity contribution >= 4 is 22.8 Å². The van der Waals surface area contributed by atoms with Crippen LogP contribution in [0.4, 0.5) is 0 Å². The van der Waals surface area contributed by atoms with Crippen LogP contribution in [-0.4, -0.2) is 36.9 Å². The van der Waals surface area contributed by atoms with E-state index < -0.39 is 0 Å². The monoisotopic (exact) mass is 344 g/mol. The zero-order valence-electron chi connectivity index (χ0n) is 14.9. The molecule has 1 saturated heterocycles. The molecule has 1 aromatic heterocycles. The first-order valence-corrected chi connectivity index (χ1v) is 8.63. The fraction of sp³-hybridized carbons (Fsp3) is 0.474. The van der Waals surface area contributed by atoms with E-state index in [1.54, 1.807) is 12.0 Å². The number of hydrogen-bond acceptors (Lipinski definition) is 4. The van der Waals surface area contributed by atoms with Crippen molar-refractivity contribution in [3.63, 3.8) is 0 Å². The van der Waals surface area contributed by atoms with Gasteiger partial charge in [0.2, 0.25) is 11.8 Å². The Morgan fingerprint density at radius 1 is 1.40 bits per heavy atom. The number of furan rings is 1. The number of hydrogen-bond donors (Lipinski definition) is 1. The highest BCUT2D eigenvalue weighted by molar-refractivity contribution is 5.86. The van der Waals surface area contributed by atoms with E-state index in [1.165, 1.54) is 0 Å². The Kier molecular flexibility index (Phi) is 4.97. The average molecular weight is 344 g/mol. The van der Waals surface area contributed by atoms with Crippen LogP contribution in [0.5, 0.6) is 5.75 Å². The number of fused-ring (bicyclic) bond motifs is 1. The van der Waals surface area contributed by atoms with E-state index in [1.807, 2.05) is 32.0 Å². The molecule has 6 nitrogen and oxygen atoms in total. The maximum absolute atomic E-state index is 12.3. The maximum atomic E-state index is 12.3. The van der Waals surface area contributed by atoms with Gasteiger partial charge in [-0.3, -0.25) is 9.59 Å². The van der Waals surface area contributed by atoms with Gasteiger partial charge in [0.1, 0.15) is 17.1 Å². The van der Waals surface area contributed by atoms with E-state index in [4.69, 9.17) is 9.15 Å². The molecule has 1 aliphatic heterocycles. The molecule has 25 heavy (non-hydrogen) atoms. The zero-order chi connectivity index (χ0) is 18.0. The summed E-state index contributed by atoms with van der Waals surface area (Å²) in [6.45, 7) is 4.62. The highest BCUT2D eigenvalue weighted by Crippen LogP contribution is 2.31. The molecular weight excluding hydrogens is 320 g/mol. The topological polar surface area (TPSA) is 71.8 Å². The Bertz CT molecular complexity index is 796. The van der Waals surface area contributed by atoms with Crippen LogP contribution in [0.1, 0.15) is 43.6 Å². The minimum atomic E-state index is -0.272. The van der Waals surface area contributed by atoms with Crippen LogP contribution in [0, 0.1) is 6.92 Å². The van der Waals surface area contributed by atoms with Crippen molar-refractivity contribution in [2.45, 2.75) is 39.2 Å². The normalized spacial score (nSPS) is 16.1. The van der Waals surface area contributed by atoms with Crippen LogP contribution in [0.3, 0.4) is 0 Å². The molecule has 3 rings (SSSR count). The first kappa shape index (κ1) is 17.3. The fourth-order valence-electron chi connectivity index (χ4n) is 3.31. The summed E-state index contributed by atoms with van der Waals surface area (Å²) in [5, 5.41) is 3.91. The summed E-state index contributed by atoms with van der Waals surface area (Å²) in [7, 11) is 1.63. The van der Waals surface area contributed by atoms with Crippen LogP contribution in [0.15, 0.2) is 22.6 Å². The van der Waals surface area contributed by atoms with E-state index in [-0.39, 0.29) is 24.4 Å². The van der Waals surface area contributed by atoms with Crippen molar-refractivity contribution in [1.82, 2.24) is 10.2 Å². The lowest BCUT2D eigenvalue weighted by Gasteiger charge is -2.26. The molecule has 134 valence electrons. The van der Waals surface area contributed by atoms with Gasteiger partial charge in [-0.05, 0) is 44.9 Å². The number of nitrogens with zero attached hydrogens (tertiary/aromatic N) is 1. The number of benzene rings is 1. The SMILES string of the molecule is COc1ccc2oc(C(C)NC(=O)CN3CCCCC3=O)c(C)c2c1. The Balaban J connectivity index is 1.71. The molecule has 1 aromatic carbocycles. The molecule has 1 fully saturated rings. The first-order chi connectivity index (χ1) is 12.0. The standard InChI is InChI=1S/C19H24N2O4/c1-12-15-10-14(24-3)7-8-16(15)25-19(12)13(2)20-17(22)11-21-9-5-4-6-18(21)23/h7-8,10,13H,4-6,9,11H2,1-3H3,(H,20,22).